The van der Waals surface area contributed by atoms with Crippen molar-refractivity contribution in [3.63, 3.8) is 0 Å². The molecule has 0 atom stereocenters. The van der Waals surface area contributed by atoms with Gasteiger partial charge in [-0.2, -0.15) is 0 Å². The summed E-state index contributed by atoms with van der Waals surface area (Å²) in [6.07, 6.45) is 9.51. The van der Waals surface area contributed by atoms with Gasteiger partial charge in [-0.15, -0.1) is 0 Å². The van der Waals surface area contributed by atoms with Gasteiger partial charge in [0.2, 0.25) is 0 Å². The number of piperidine rings is 1. The molecule has 1 saturated carbocycles. The van der Waals surface area contributed by atoms with E-state index in [9.17, 15) is 0 Å². The average molecular weight is 272 g/mol. The monoisotopic (exact) mass is 272 g/mol. The lowest BCUT2D eigenvalue weighted by atomic mass is 9.87. The molecule has 1 aliphatic heterocycles. The van der Waals surface area contributed by atoms with Gasteiger partial charge in [0, 0.05) is 30.5 Å². The summed E-state index contributed by atoms with van der Waals surface area (Å²) in [5.74, 6) is 0.925. The molecular formula is C18H28N2. The van der Waals surface area contributed by atoms with Crippen LogP contribution in [0.15, 0.2) is 24.3 Å². The van der Waals surface area contributed by atoms with Crippen LogP contribution in [0.5, 0.6) is 0 Å². The Kier molecular flexibility index (Phi) is 4.49. The summed E-state index contributed by atoms with van der Waals surface area (Å²) >= 11 is 0. The normalized spacial score (nSPS) is 27.4. The maximum Gasteiger partial charge on any atom is 0.0367 e. The Morgan fingerprint density at radius 3 is 2.20 bits per heavy atom. The molecule has 2 aliphatic rings. The molecular weight excluding hydrogens is 244 g/mol. The van der Waals surface area contributed by atoms with Crippen molar-refractivity contribution in [1.82, 2.24) is 0 Å². The molecule has 20 heavy (non-hydrogen) atoms. The Hall–Kier alpha value is -1.18. The maximum atomic E-state index is 3.71. The first kappa shape index (κ1) is 13.8. The van der Waals surface area contributed by atoms with Crippen molar-refractivity contribution in [3.8, 4) is 0 Å². The highest BCUT2D eigenvalue weighted by atomic mass is 15.1. The fraction of sp³-hybridized carbons (Fsp3) is 0.667. The minimum atomic E-state index is 0.687. The first-order valence-corrected chi connectivity index (χ1v) is 8.43. The summed E-state index contributed by atoms with van der Waals surface area (Å²) in [6, 6.07) is 9.80. The van der Waals surface area contributed by atoms with Crippen LogP contribution in [0.3, 0.4) is 0 Å². The van der Waals surface area contributed by atoms with E-state index < -0.39 is 0 Å². The van der Waals surface area contributed by atoms with Gasteiger partial charge in [0.15, 0.2) is 0 Å². The molecule has 2 nitrogen and oxygen atoms in total. The largest absolute Gasteiger partial charge is 0.382 e. The second kappa shape index (κ2) is 6.51. The Balaban J connectivity index is 1.55. The molecule has 110 valence electrons. The molecule has 1 heterocycles. The van der Waals surface area contributed by atoms with Crippen molar-refractivity contribution in [2.45, 2.75) is 57.9 Å². The summed E-state index contributed by atoms with van der Waals surface area (Å²) in [4.78, 5) is 2.52. The van der Waals surface area contributed by atoms with E-state index in [1.165, 1.54) is 69.4 Å². The summed E-state index contributed by atoms with van der Waals surface area (Å²) in [6.45, 7) is 4.84. The smallest absolute Gasteiger partial charge is 0.0367 e. The minimum Gasteiger partial charge on any atom is -0.382 e. The fourth-order valence-electron chi connectivity index (χ4n) is 3.56. The quantitative estimate of drug-likeness (QED) is 0.860. The van der Waals surface area contributed by atoms with Crippen LogP contribution in [0.2, 0.25) is 0 Å². The molecule has 1 aliphatic carbocycles. The van der Waals surface area contributed by atoms with Gasteiger partial charge >= 0.3 is 0 Å². The van der Waals surface area contributed by atoms with Crippen molar-refractivity contribution in [3.05, 3.63) is 24.3 Å². The number of nitrogens with one attached hydrogen (secondary N) is 1. The van der Waals surface area contributed by atoms with Crippen molar-refractivity contribution < 1.29 is 0 Å². The Labute approximate surface area is 123 Å². The number of hydrogen-bond acceptors (Lipinski definition) is 2. The molecule has 0 amide bonds. The zero-order valence-electron chi connectivity index (χ0n) is 12.8. The highest BCUT2D eigenvalue weighted by Crippen LogP contribution is 2.27. The topological polar surface area (TPSA) is 15.3 Å². The second-order valence-electron chi connectivity index (χ2n) is 6.70. The van der Waals surface area contributed by atoms with Gasteiger partial charge in [-0.25, -0.2) is 0 Å². The van der Waals surface area contributed by atoms with Crippen molar-refractivity contribution in [1.29, 1.82) is 0 Å². The second-order valence-corrected chi connectivity index (χ2v) is 6.70. The molecule has 2 heteroatoms. The molecule has 0 unspecified atom stereocenters. The van der Waals surface area contributed by atoms with Crippen LogP contribution >= 0.6 is 0 Å². The van der Waals surface area contributed by atoms with Gasteiger partial charge in [0.1, 0.15) is 0 Å². The van der Waals surface area contributed by atoms with E-state index in [0.29, 0.717) is 6.04 Å². The lowest BCUT2D eigenvalue weighted by Gasteiger charge is -2.30. The van der Waals surface area contributed by atoms with E-state index in [2.05, 4.69) is 41.4 Å². The molecule has 0 aromatic heterocycles. The molecule has 1 aromatic rings. The third-order valence-electron chi connectivity index (χ3n) is 4.98. The molecule has 1 saturated heterocycles. The number of hydrogen-bond donors (Lipinski definition) is 1. The molecule has 0 bridgehead atoms. The third-order valence-corrected chi connectivity index (χ3v) is 4.98. The zero-order valence-corrected chi connectivity index (χ0v) is 12.8. The number of nitrogens with zero attached hydrogens (tertiary/aromatic N) is 1. The molecule has 1 N–H and O–H groups in total. The van der Waals surface area contributed by atoms with Gasteiger partial charge in [-0.3, -0.25) is 0 Å². The predicted octanol–water partition coefficient (Wildman–Crippen LogP) is 4.67. The van der Waals surface area contributed by atoms with Crippen LogP contribution < -0.4 is 10.2 Å². The summed E-state index contributed by atoms with van der Waals surface area (Å²) in [5.41, 5.74) is 2.69. The molecule has 2 fully saturated rings. The minimum absolute atomic E-state index is 0.687. The number of rotatable bonds is 3. The third kappa shape index (κ3) is 3.47. The van der Waals surface area contributed by atoms with E-state index in [0.717, 1.165) is 5.92 Å². The van der Waals surface area contributed by atoms with E-state index in [1.807, 2.05) is 0 Å². The van der Waals surface area contributed by atoms with Crippen molar-refractivity contribution in [2.75, 3.05) is 23.3 Å². The predicted molar refractivity (Wildman–Crippen MR) is 87.5 cm³/mol. The maximum absolute atomic E-state index is 3.71. The summed E-state index contributed by atoms with van der Waals surface area (Å²) < 4.78 is 0. The molecule has 0 radical (unpaired) electrons. The molecule has 3 rings (SSSR count). The van der Waals surface area contributed by atoms with Crippen LogP contribution in [-0.4, -0.2) is 19.1 Å². The first-order chi connectivity index (χ1) is 9.81. The van der Waals surface area contributed by atoms with Crippen LogP contribution in [0.4, 0.5) is 11.4 Å². The number of anilines is 2. The van der Waals surface area contributed by atoms with E-state index in [4.69, 9.17) is 0 Å². The molecule has 0 spiro atoms. The first-order valence-electron chi connectivity index (χ1n) is 8.43. The Morgan fingerprint density at radius 2 is 1.55 bits per heavy atom. The lowest BCUT2D eigenvalue weighted by molar-refractivity contribution is 0.361. The average Bonchev–Trinajstić information content (AvgIpc) is 2.51. The van der Waals surface area contributed by atoms with Crippen molar-refractivity contribution in [2.24, 2.45) is 5.92 Å². The standard InChI is InChI=1S/C18H28N2/c1-15-5-7-16(8-6-15)19-17-9-11-18(12-10-17)20-13-3-2-4-14-20/h9-12,15-16,19H,2-8,13-14H2,1H3. The van der Waals surface area contributed by atoms with Gasteiger partial charge in [0.05, 0.1) is 0 Å². The van der Waals surface area contributed by atoms with Crippen molar-refractivity contribution >= 4 is 11.4 Å². The SMILES string of the molecule is CC1CCC(Nc2ccc(N3CCCCC3)cc2)CC1. The highest BCUT2D eigenvalue weighted by Gasteiger charge is 2.18. The van der Waals surface area contributed by atoms with Gasteiger partial charge in [-0.05, 0) is 75.1 Å². The fourth-order valence-corrected chi connectivity index (χ4v) is 3.56. The Bertz CT molecular complexity index is 398. The van der Waals surface area contributed by atoms with Crippen LogP contribution in [0.1, 0.15) is 51.9 Å². The summed E-state index contributed by atoms with van der Waals surface area (Å²) in [5, 5.41) is 3.71. The number of benzene rings is 1. The van der Waals surface area contributed by atoms with Crippen LogP contribution in [-0.2, 0) is 0 Å². The lowest BCUT2D eigenvalue weighted by Crippen LogP contribution is -2.29. The van der Waals surface area contributed by atoms with Gasteiger partial charge in [0.25, 0.3) is 0 Å². The van der Waals surface area contributed by atoms with Gasteiger partial charge in [-0.1, -0.05) is 6.92 Å². The molecule has 1 aromatic carbocycles. The summed E-state index contributed by atoms with van der Waals surface area (Å²) in [7, 11) is 0. The van der Waals surface area contributed by atoms with Crippen LogP contribution in [0.25, 0.3) is 0 Å². The van der Waals surface area contributed by atoms with E-state index >= 15 is 0 Å². The van der Waals surface area contributed by atoms with Crippen LogP contribution in [0, 0.1) is 5.92 Å². The van der Waals surface area contributed by atoms with Gasteiger partial charge < -0.3 is 10.2 Å². The zero-order chi connectivity index (χ0) is 13.8. The highest BCUT2D eigenvalue weighted by molar-refractivity contribution is 5.55. The Morgan fingerprint density at radius 1 is 0.900 bits per heavy atom. The van der Waals surface area contributed by atoms with E-state index in [-0.39, 0.29) is 0 Å². The van der Waals surface area contributed by atoms with E-state index in [1.54, 1.807) is 0 Å².